The lowest BCUT2D eigenvalue weighted by atomic mass is 9.79. The van der Waals surface area contributed by atoms with Gasteiger partial charge < -0.3 is 19.2 Å². The topological polar surface area (TPSA) is 47.9 Å². The zero-order chi connectivity index (χ0) is 16.4. The minimum atomic E-state index is -0.721. The number of halogens is 1. The minimum absolute atomic E-state index is 0.0926. The fourth-order valence-corrected chi connectivity index (χ4v) is 2.91. The van der Waals surface area contributed by atoms with Gasteiger partial charge >= 0.3 is 7.12 Å². The Labute approximate surface area is 135 Å². The van der Waals surface area contributed by atoms with Gasteiger partial charge in [0.25, 0.3) is 0 Å². The predicted octanol–water partition coefficient (Wildman–Crippen LogP) is 3.10. The van der Waals surface area contributed by atoms with E-state index in [4.69, 9.17) is 14.1 Å². The van der Waals surface area contributed by atoms with Crippen molar-refractivity contribution in [3.05, 3.63) is 47.8 Å². The highest BCUT2D eigenvalue weighted by molar-refractivity contribution is 6.43. The summed E-state index contributed by atoms with van der Waals surface area (Å²) in [5.41, 5.74) is 2.22. The second-order valence-electron chi connectivity index (χ2n) is 5.51. The summed E-state index contributed by atoms with van der Waals surface area (Å²) in [5, 5.41) is 9.50. The molecule has 2 aromatic carbocycles. The second kappa shape index (κ2) is 6.60. The standard InChI is InChI=1S/C17H18BFO4/c1-21-15-7-6-14(16(19)17(15)22-2)12-5-3-4-11(8-12)13-9-18(20)23-10-13/h3-8,13,20H,9-10H2,1-2H3. The van der Waals surface area contributed by atoms with Gasteiger partial charge in [-0.3, -0.25) is 0 Å². The molecular weight excluding hydrogens is 298 g/mol. The molecule has 1 heterocycles. The lowest BCUT2D eigenvalue weighted by Gasteiger charge is -2.14. The Morgan fingerprint density at radius 1 is 1.22 bits per heavy atom. The fourth-order valence-electron chi connectivity index (χ4n) is 2.91. The van der Waals surface area contributed by atoms with E-state index < -0.39 is 12.9 Å². The van der Waals surface area contributed by atoms with Crippen LogP contribution in [0.4, 0.5) is 4.39 Å². The molecule has 1 atom stereocenters. The van der Waals surface area contributed by atoms with Crippen LogP contribution in [-0.4, -0.2) is 33.0 Å². The van der Waals surface area contributed by atoms with E-state index in [2.05, 4.69) is 0 Å². The van der Waals surface area contributed by atoms with Crippen LogP contribution in [0.15, 0.2) is 36.4 Å². The molecule has 3 rings (SSSR count). The average Bonchev–Trinajstić information content (AvgIpc) is 3.01. The molecular formula is C17H18BFO4. The SMILES string of the molecule is COc1ccc(-c2cccc(C3COB(O)C3)c2)c(F)c1OC. The quantitative estimate of drug-likeness (QED) is 0.881. The van der Waals surface area contributed by atoms with Gasteiger partial charge in [-0.2, -0.15) is 0 Å². The van der Waals surface area contributed by atoms with Crippen molar-refractivity contribution in [2.24, 2.45) is 0 Å². The summed E-state index contributed by atoms with van der Waals surface area (Å²) >= 11 is 0. The molecule has 1 aliphatic heterocycles. The lowest BCUT2D eigenvalue weighted by Crippen LogP contribution is -2.07. The largest absolute Gasteiger partial charge is 0.493 e. The normalized spacial score (nSPS) is 17.4. The van der Waals surface area contributed by atoms with Crippen LogP contribution >= 0.6 is 0 Å². The fraction of sp³-hybridized carbons (Fsp3) is 0.294. The summed E-state index contributed by atoms with van der Waals surface area (Å²) in [6, 6.07) is 11.0. The molecule has 0 amide bonds. The monoisotopic (exact) mass is 316 g/mol. The summed E-state index contributed by atoms with van der Waals surface area (Å²) in [6.07, 6.45) is 0.553. The highest BCUT2D eigenvalue weighted by Gasteiger charge is 2.29. The number of hydrogen-bond donors (Lipinski definition) is 1. The number of benzene rings is 2. The maximum atomic E-state index is 14.7. The number of rotatable bonds is 4. The van der Waals surface area contributed by atoms with Gasteiger partial charge in [0.05, 0.1) is 14.2 Å². The van der Waals surface area contributed by atoms with E-state index in [1.54, 1.807) is 12.1 Å². The van der Waals surface area contributed by atoms with Crippen LogP contribution in [0.5, 0.6) is 11.5 Å². The maximum Gasteiger partial charge on any atom is 0.454 e. The molecule has 6 heteroatoms. The van der Waals surface area contributed by atoms with Crippen molar-refractivity contribution >= 4 is 7.12 Å². The molecule has 4 nitrogen and oxygen atoms in total. The molecule has 0 spiro atoms. The molecule has 0 aromatic heterocycles. The first kappa shape index (κ1) is 15.8. The van der Waals surface area contributed by atoms with Crippen LogP contribution in [0.1, 0.15) is 11.5 Å². The van der Waals surface area contributed by atoms with Crippen molar-refractivity contribution < 1.29 is 23.5 Å². The summed E-state index contributed by atoms with van der Waals surface area (Å²) in [4.78, 5) is 0. The van der Waals surface area contributed by atoms with E-state index in [1.165, 1.54) is 14.2 Å². The number of ether oxygens (including phenoxy) is 2. The second-order valence-corrected chi connectivity index (χ2v) is 5.51. The van der Waals surface area contributed by atoms with Crippen molar-refractivity contribution in [2.45, 2.75) is 12.2 Å². The van der Waals surface area contributed by atoms with Crippen molar-refractivity contribution in [3.63, 3.8) is 0 Å². The molecule has 2 aromatic rings. The van der Waals surface area contributed by atoms with Gasteiger partial charge in [-0.15, -0.1) is 0 Å². The molecule has 0 bridgehead atoms. The Balaban J connectivity index is 1.99. The maximum absolute atomic E-state index is 14.7. The Bertz CT molecular complexity index is 707. The molecule has 1 N–H and O–H groups in total. The molecule has 120 valence electrons. The van der Waals surface area contributed by atoms with Crippen molar-refractivity contribution in [3.8, 4) is 22.6 Å². The summed E-state index contributed by atoms with van der Waals surface area (Å²) in [7, 11) is 2.17. The predicted molar refractivity (Wildman–Crippen MR) is 86.4 cm³/mol. The van der Waals surface area contributed by atoms with E-state index in [0.29, 0.717) is 24.2 Å². The third-order valence-electron chi connectivity index (χ3n) is 4.13. The third-order valence-corrected chi connectivity index (χ3v) is 4.13. The van der Waals surface area contributed by atoms with Gasteiger partial charge in [0.1, 0.15) is 0 Å². The van der Waals surface area contributed by atoms with Gasteiger partial charge in [-0.25, -0.2) is 4.39 Å². The lowest BCUT2D eigenvalue weighted by molar-refractivity contribution is 0.292. The Kier molecular flexibility index (Phi) is 4.55. The Hall–Kier alpha value is -2.05. The van der Waals surface area contributed by atoms with E-state index in [0.717, 1.165) is 11.1 Å². The molecule has 1 unspecified atom stereocenters. The average molecular weight is 316 g/mol. The molecule has 23 heavy (non-hydrogen) atoms. The highest BCUT2D eigenvalue weighted by Crippen LogP contribution is 2.38. The Morgan fingerprint density at radius 3 is 2.70 bits per heavy atom. The van der Waals surface area contributed by atoms with Crippen LogP contribution < -0.4 is 9.47 Å². The first-order valence-electron chi connectivity index (χ1n) is 7.44. The molecule has 0 aliphatic carbocycles. The molecule has 0 saturated carbocycles. The van der Waals surface area contributed by atoms with Gasteiger partial charge in [0, 0.05) is 18.1 Å². The first-order valence-corrected chi connectivity index (χ1v) is 7.44. The molecule has 0 radical (unpaired) electrons. The zero-order valence-electron chi connectivity index (χ0n) is 13.1. The van der Waals surface area contributed by atoms with Gasteiger partial charge in [-0.1, -0.05) is 24.3 Å². The van der Waals surface area contributed by atoms with Crippen LogP contribution in [-0.2, 0) is 4.65 Å². The highest BCUT2D eigenvalue weighted by atomic mass is 19.1. The molecule has 1 saturated heterocycles. The van der Waals surface area contributed by atoms with Crippen LogP contribution in [0.25, 0.3) is 11.1 Å². The van der Waals surface area contributed by atoms with E-state index in [1.807, 2.05) is 24.3 Å². The van der Waals surface area contributed by atoms with Gasteiger partial charge in [0.15, 0.2) is 17.3 Å². The zero-order valence-corrected chi connectivity index (χ0v) is 13.1. The summed E-state index contributed by atoms with van der Waals surface area (Å²) < 4.78 is 30.1. The molecule has 1 fully saturated rings. The van der Waals surface area contributed by atoms with E-state index in [-0.39, 0.29) is 11.7 Å². The Morgan fingerprint density at radius 2 is 2.04 bits per heavy atom. The van der Waals surface area contributed by atoms with E-state index in [9.17, 15) is 9.41 Å². The van der Waals surface area contributed by atoms with Gasteiger partial charge in [-0.05, 0) is 29.6 Å². The minimum Gasteiger partial charge on any atom is -0.493 e. The van der Waals surface area contributed by atoms with Crippen molar-refractivity contribution in [2.75, 3.05) is 20.8 Å². The number of hydrogen-bond acceptors (Lipinski definition) is 4. The van der Waals surface area contributed by atoms with E-state index >= 15 is 0 Å². The van der Waals surface area contributed by atoms with Crippen LogP contribution in [0.3, 0.4) is 0 Å². The number of methoxy groups -OCH3 is 2. The summed E-state index contributed by atoms with van der Waals surface area (Å²) in [6.45, 7) is 0.471. The van der Waals surface area contributed by atoms with Gasteiger partial charge in [0.2, 0.25) is 0 Å². The third kappa shape index (κ3) is 3.05. The first-order chi connectivity index (χ1) is 11.1. The summed E-state index contributed by atoms with van der Waals surface area (Å²) in [5.74, 6) is 0.118. The van der Waals surface area contributed by atoms with Crippen molar-refractivity contribution in [1.29, 1.82) is 0 Å². The smallest absolute Gasteiger partial charge is 0.454 e. The van der Waals surface area contributed by atoms with Crippen molar-refractivity contribution in [1.82, 2.24) is 0 Å². The molecule has 1 aliphatic rings. The van der Waals surface area contributed by atoms with Crippen LogP contribution in [0, 0.1) is 5.82 Å². The van der Waals surface area contributed by atoms with Crippen LogP contribution in [0.2, 0.25) is 6.32 Å².